The van der Waals surface area contributed by atoms with Crippen LogP contribution in [0.15, 0.2) is 107 Å². The van der Waals surface area contributed by atoms with Crippen molar-refractivity contribution in [2.45, 2.75) is 61.0 Å². The molecule has 0 spiro atoms. The minimum absolute atomic E-state index is 0.0984. The van der Waals surface area contributed by atoms with Crippen molar-refractivity contribution in [1.82, 2.24) is 0 Å². The van der Waals surface area contributed by atoms with E-state index in [9.17, 15) is 46.1 Å². The first-order valence-corrected chi connectivity index (χ1v) is 17.0. The highest BCUT2D eigenvalue weighted by Crippen LogP contribution is 2.32. The van der Waals surface area contributed by atoms with Crippen molar-refractivity contribution < 1.29 is 55.6 Å². The average Bonchev–Trinajstić information content (AvgIpc) is 3.05. The van der Waals surface area contributed by atoms with Gasteiger partial charge in [-0.15, -0.1) is 23.5 Å². The van der Waals surface area contributed by atoms with Crippen LogP contribution < -0.4 is 9.47 Å². The molecule has 14 heteroatoms. The number of carboxylic acid groups (broad SMARTS) is 2. The Balaban J connectivity index is 0.000000270. The van der Waals surface area contributed by atoms with Crippen LogP contribution in [0.3, 0.4) is 0 Å². The number of aryl methyl sites for hydroxylation is 2. The molecule has 4 aromatic carbocycles. The molecule has 0 aromatic heterocycles. The molecule has 0 bridgehead atoms. The topological polar surface area (TPSA) is 93.1 Å². The predicted molar refractivity (Wildman–Crippen MR) is 180 cm³/mol. The van der Waals surface area contributed by atoms with Crippen LogP contribution in [0.2, 0.25) is 0 Å². The molecule has 4 aromatic rings. The number of benzene rings is 4. The quantitative estimate of drug-likeness (QED) is 0.0975. The first kappa shape index (κ1) is 40.1. The number of carbonyl (C=O) groups is 2. The highest BCUT2D eigenvalue weighted by atomic mass is 32.2. The lowest BCUT2D eigenvalue weighted by Crippen LogP contribution is -2.27. The summed E-state index contributed by atoms with van der Waals surface area (Å²) < 4.78 is 85.9. The number of ether oxygens (including phenoxy) is 2. The van der Waals surface area contributed by atoms with E-state index in [1.165, 1.54) is 23.5 Å². The number of halogens is 6. The van der Waals surface area contributed by atoms with Crippen LogP contribution in [0.4, 0.5) is 26.3 Å². The molecule has 268 valence electrons. The SMILES string of the molecule is Cc1ccccc1SCCC(Oc1ccc(C(F)(F)F)cc1)C(=O)O.Cc1ccccc1SCC[C@@H](Oc1ccc(C(F)(F)F)cc1)C(=O)O. The van der Waals surface area contributed by atoms with E-state index in [0.717, 1.165) is 69.4 Å². The predicted octanol–water partition coefficient (Wildman–Crippen LogP) is 10.1. The van der Waals surface area contributed by atoms with Gasteiger partial charge in [0.1, 0.15) is 11.5 Å². The van der Waals surface area contributed by atoms with E-state index in [1.807, 2.05) is 62.4 Å². The fraction of sp³-hybridized carbons (Fsp3) is 0.278. The van der Waals surface area contributed by atoms with Gasteiger partial charge in [0.05, 0.1) is 11.1 Å². The number of carboxylic acids is 2. The first-order chi connectivity index (χ1) is 23.5. The van der Waals surface area contributed by atoms with Gasteiger partial charge in [0, 0.05) is 34.1 Å². The minimum atomic E-state index is -4.44. The van der Waals surface area contributed by atoms with E-state index in [4.69, 9.17) is 9.47 Å². The zero-order valence-corrected chi connectivity index (χ0v) is 28.5. The Hall–Kier alpha value is -4.30. The monoisotopic (exact) mass is 740 g/mol. The lowest BCUT2D eigenvalue weighted by molar-refractivity contribution is -0.146. The summed E-state index contributed by atoms with van der Waals surface area (Å²) in [7, 11) is 0. The summed E-state index contributed by atoms with van der Waals surface area (Å²) in [4.78, 5) is 24.8. The fourth-order valence-electron chi connectivity index (χ4n) is 4.23. The van der Waals surface area contributed by atoms with Crippen LogP contribution in [0, 0.1) is 13.8 Å². The standard InChI is InChI=1S/2C18H17F3O3S/c2*1-12-4-2-3-5-16(12)25-11-10-15(17(22)23)24-14-8-6-13(7-9-14)18(19,20)21/h2*2-9,15H,10-11H2,1H3,(H,22,23)/t15-;/m1./s1. The van der Waals surface area contributed by atoms with E-state index in [1.54, 1.807) is 0 Å². The van der Waals surface area contributed by atoms with Crippen LogP contribution in [0.25, 0.3) is 0 Å². The normalized spacial score (nSPS) is 12.6. The van der Waals surface area contributed by atoms with Gasteiger partial charge in [0.2, 0.25) is 0 Å². The largest absolute Gasteiger partial charge is 0.479 e. The van der Waals surface area contributed by atoms with E-state index >= 15 is 0 Å². The molecule has 2 atom stereocenters. The van der Waals surface area contributed by atoms with E-state index in [2.05, 4.69) is 0 Å². The molecule has 0 saturated carbocycles. The third-order valence-electron chi connectivity index (χ3n) is 6.93. The molecule has 1 unspecified atom stereocenters. The number of alkyl halides is 6. The molecule has 50 heavy (non-hydrogen) atoms. The molecular weight excluding hydrogens is 707 g/mol. The summed E-state index contributed by atoms with van der Waals surface area (Å²) >= 11 is 3.03. The van der Waals surface area contributed by atoms with Crippen molar-refractivity contribution in [3.8, 4) is 11.5 Å². The molecule has 2 N–H and O–H groups in total. The lowest BCUT2D eigenvalue weighted by atomic mass is 10.2. The number of hydrogen-bond donors (Lipinski definition) is 2. The van der Waals surface area contributed by atoms with Gasteiger partial charge in [-0.3, -0.25) is 0 Å². The van der Waals surface area contributed by atoms with Gasteiger partial charge >= 0.3 is 24.3 Å². The average molecular weight is 741 g/mol. The van der Waals surface area contributed by atoms with Crippen LogP contribution in [0.1, 0.15) is 35.1 Å². The van der Waals surface area contributed by atoms with Crippen molar-refractivity contribution in [2.75, 3.05) is 11.5 Å². The van der Waals surface area contributed by atoms with Crippen molar-refractivity contribution in [1.29, 1.82) is 0 Å². The molecule has 6 nitrogen and oxygen atoms in total. The maximum absolute atomic E-state index is 12.5. The second-order valence-corrected chi connectivity index (χ2v) is 13.0. The van der Waals surface area contributed by atoms with Crippen LogP contribution in [-0.4, -0.2) is 45.9 Å². The van der Waals surface area contributed by atoms with Crippen LogP contribution >= 0.6 is 23.5 Å². The summed E-state index contributed by atoms with van der Waals surface area (Å²) in [6.07, 6.45) is -10.6. The second kappa shape index (κ2) is 18.6. The minimum Gasteiger partial charge on any atom is -0.479 e. The van der Waals surface area contributed by atoms with Crippen molar-refractivity contribution in [3.05, 3.63) is 119 Å². The zero-order valence-electron chi connectivity index (χ0n) is 26.8. The zero-order chi connectivity index (χ0) is 36.9. The van der Waals surface area contributed by atoms with Crippen molar-refractivity contribution in [2.24, 2.45) is 0 Å². The summed E-state index contributed by atoms with van der Waals surface area (Å²) in [6.45, 7) is 3.94. The van der Waals surface area contributed by atoms with Gasteiger partial charge < -0.3 is 19.7 Å². The molecule has 0 heterocycles. The third kappa shape index (κ3) is 13.2. The molecule has 0 aliphatic heterocycles. The summed E-state index contributed by atoms with van der Waals surface area (Å²) in [5.74, 6) is -1.07. The van der Waals surface area contributed by atoms with Gasteiger partial charge in [-0.2, -0.15) is 26.3 Å². The van der Waals surface area contributed by atoms with Crippen LogP contribution in [-0.2, 0) is 21.9 Å². The maximum Gasteiger partial charge on any atom is 0.416 e. The third-order valence-corrected chi connectivity index (χ3v) is 9.35. The molecule has 0 saturated heterocycles. The Labute approximate surface area is 293 Å². The molecule has 0 amide bonds. The molecular formula is C36H34F6O6S2. The van der Waals surface area contributed by atoms with Crippen molar-refractivity contribution >= 4 is 35.5 Å². The van der Waals surface area contributed by atoms with E-state index in [0.29, 0.717) is 11.5 Å². The Morgan fingerprint density at radius 3 is 1.18 bits per heavy atom. The smallest absolute Gasteiger partial charge is 0.416 e. The van der Waals surface area contributed by atoms with E-state index < -0.39 is 47.6 Å². The molecule has 0 radical (unpaired) electrons. The lowest BCUT2D eigenvalue weighted by Gasteiger charge is -2.16. The second-order valence-electron chi connectivity index (χ2n) is 10.7. The Kier molecular flexibility index (Phi) is 14.9. The number of aliphatic carboxylic acids is 2. The van der Waals surface area contributed by atoms with Crippen molar-refractivity contribution in [3.63, 3.8) is 0 Å². The van der Waals surface area contributed by atoms with Gasteiger partial charge in [-0.25, -0.2) is 9.59 Å². The molecule has 4 rings (SSSR count). The fourth-order valence-corrected chi connectivity index (χ4v) is 6.27. The van der Waals surface area contributed by atoms with Gasteiger partial charge in [0.15, 0.2) is 12.2 Å². The summed E-state index contributed by atoms with van der Waals surface area (Å²) in [5, 5.41) is 18.5. The summed E-state index contributed by atoms with van der Waals surface area (Å²) in [5.41, 5.74) is 0.592. The maximum atomic E-state index is 12.5. The molecule has 0 aliphatic rings. The highest BCUT2D eigenvalue weighted by Gasteiger charge is 2.31. The number of rotatable bonds is 14. The van der Waals surface area contributed by atoms with Gasteiger partial charge in [-0.05, 0) is 85.6 Å². The Bertz CT molecular complexity index is 1550. The highest BCUT2D eigenvalue weighted by molar-refractivity contribution is 7.99. The Morgan fingerprint density at radius 2 is 0.900 bits per heavy atom. The summed E-state index contributed by atoms with van der Waals surface area (Å²) in [6, 6.07) is 23.5. The van der Waals surface area contributed by atoms with Crippen LogP contribution in [0.5, 0.6) is 11.5 Å². The Morgan fingerprint density at radius 1 is 0.580 bits per heavy atom. The molecule has 0 aliphatic carbocycles. The number of thioether (sulfide) groups is 2. The number of hydrogen-bond acceptors (Lipinski definition) is 6. The van der Waals surface area contributed by atoms with Gasteiger partial charge in [0.25, 0.3) is 0 Å². The van der Waals surface area contributed by atoms with Gasteiger partial charge in [-0.1, -0.05) is 36.4 Å². The molecule has 0 fully saturated rings. The van der Waals surface area contributed by atoms with E-state index in [-0.39, 0.29) is 24.3 Å². The first-order valence-electron chi connectivity index (χ1n) is 15.0.